The SMILES string of the molecule is CC(=O)N1C=Cc2ccccc2C1CC(=O)Nc1nc(-c2ccccc2)cs1. The van der Waals surface area contributed by atoms with Crippen LogP contribution in [0, 0.1) is 0 Å². The first kappa shape index (κ1) is 18.1. The second kappa shape index (κ2) is 7.78. The van der Waals surface area contributed by atoms with Crippen molar-refractivity contribution in [1.82, 2.24) is 9.88 Å². The molecule has 1 unspecified atom stereocenters. The van der Waals surface area contributed by atoms with Gasteiger partial charge < -0.3 is 10.2 Å². The van der Waals surface area contributed by atoms with Gasteiger partial charge in [-0.2, -0.15) is 0 Å². The Morgan fingerprint density at radius 3 is 2.64 bits per heavy atom. The molecule has 2 aromatic carbocycles. The lowest BCUT2D eigenvalue weighted by atomic mass is 9.93. The maximum atomic E-state index is 12.7. The Morgan fingerprint density at radius 2 is 1.86 bits per heavy atom. The molecule has 140 valence electrons. The summed E-state index contributed by atoms with van der Waals surface area (Å²) in [5, 5.41) is 5.35. The number of rotatable bonds is 4. The van der Waals surface area contributed by atoms with E-state index in [0.29, 0.717) is 5.13 Å². The second-order valence-corrected chi connectivity index (χ2v) is 7.40. The Morgan fingerprint density at radius 1 is 1.11 bits per heavy atom. The quantitative estimate of drug-likeness (QED) is 0.703. The van der Waals surface area contributed by atoms with E-state index in [4.69, 9.17) is 0 Å². The molecule has 2 amide bonds. The summed E-state index contributed by atoms with van der Waals surface area (Å²) in [7, 11) is 0. The molecular formula is C22H19N3O2S. The van der Waals surface area contributed by atoms with Gasteiger partial charge >= 0.3 is 0 Å². The van der Waals surface area contributed by atoms with Crippen molar-refractivity contribution in [2.45, 2.75) is 19.4 Å². The number of hydrogen-bond acceptors (Lipinski definition) is 4. The molecule has 4 rings (SSSR count). The predicted octanol–water partition coefficient (Wildman–Crippen LogP) is 4.71. The molecule has 28 heavy (non-hydrogen) atoms. The molecule has 5 nitrogen and oxygen atoms in total. The normalized spacial score (nSPS) is 15.2. The van der Waals surface area contributed by atoms with Crippen LogP contribution in [0.15, 0.2) is 66.2 Å². The van der Waals surface area contributed by atoms with Gasteiger partial charge in [0.2, 0.25) is 11.8 Å². The molecule has 2 heterocycles. The average molecular weight is 389 g/mol. The van der Waals surface area contributed by atoms with E-state index in [1.807, 2.05) is 66.1 Å². The molecule has 3 aromatic rings. The fourth-order valence-electron chi connectivity index (χ4n) is 3.33. The fourth-order valence-corrected chi connectivity index (χ4v) is 4.07. The van der Waals surface area contributed by atoms with Crippen molar-refractivity contribution in [3.8, 4) is 11.3 Å². The standard InChI is InChI=1S/C22H19N3O2S/c1-15(26)25-12-11-16-7-5-6-10-18(16)20(25)13-21(27)24-22-23-19(14-28-22)17-8-3-2-4-9-17/h2-12,14,20H,13H2,1H3,(H,23,24,27). The van der Waals surface area contributed by atoms with Gasteiger partial charge in [-0.25, -0.2) is 4.98 Å². The van der Waals surface area contributed by atoms with Crippen molar-refractivity contribution in [3.63, 3.8) is 0 Å². The summed E-state index contributed by atoms with van der Waals surface area (Å²) in [5.74, 6) is -0.264. The minimum Gasteiger partial charge on any atom is -0.311 e. The number of nitrogens with zero attached hydrogens (tertiary/aromatic N) is 2. The number of benzene rings is 2. The first-order chi connectivity index (χ1) is 13.6. The Bertz CT molecular complexity index is 1040. The molecule has 1 aromatic heterocycles. The molecule has 0 bridgehead atoms. The molecular weight excluding hydrogens is 370 g/mol. The van der Waals surface area contributed by atoms with Gasteiger partial charge in [0.05, 0.1) is 18.2 Å². The maximum absolute atomic E-state index is 12.7. The first-order valence-electron chi connectivity index (χ1n) is 8.98. The third kappa shape index (κ3) is 3.73. The number of carbonyl (C=O) groups excluding carboxylic acids is 2. The Hall–Kier alpha value is -3.25. The van der Waals surface area contributed by atoms with Gasteiger partial charge in [0, 0.05) is 24.1 Å². The van der Waals surface area contributed by atoms with Crippen LogP contribution in [0.2, 0.25) is 0 Å². The van der Waals surface area contributed by atoms with Crippen LogP contribution in [0.4, 0.5) is 5.13 Å². The zero-order valence-electron chi connectivity index (χ0n) is 15.3. The van der Waals surface area contributed by atoms with Crippen molar-refractivity contribution in [3.05, 3.63) is 77.3 Å². The molecule has 1 aliphatic heterocycles. The highest BCUT2D eigenvalue weighted by molar-refractivity contribution is 7.14. The highest BCUT2D eigenvalue weighted by Crippen LogP contribution is 2.33. The number of thiazole rings is 1. The smallest absolute Gasteiger partial charge is 0.228 e. The number of carbonyl (C=O) groups is 2. The Kier molecular flexibility index (Phi) is 5.04. The summed E-state index contributed by atoms with van der Waals surface area (Å²) < 4.78 is 0. The number of anilines is 1. The van der Waals surface area contributed by atoms with E-state index in [1.54, 1.807) is 11.1 Å². The van der Waals surface area contributed by atoms with Gasteiger partial charge in [-0.05, 0) is 17.2 Å². The minimum absolute atomic E-state index is 0.0934. The lowest BCUT2D eigenvalue weighted by Crippen LogP contribution is -2.33. The number of fused-ring (bicyclic) bond motifs is 1. The zero-order valence-corrected chi connectivity index (χ0v) is 16.1. The van der Waals surface area contributed by atoms with E-state index in [-0.39, 0.29) is 24.3 Å². The van der Waals surface area contributed by atoms with Crippen LogP contribution in [0.3, 0.4) is 0 Å². The van der Waals surface area contributed by atoms with Gasteiger partial charge in [0.15, 0.2) is 5.13 Å². The molecule has 0 saturated heterocycles. The van der Waals surface area contributed by atoms with Crippen molar-refractivity contribution < 1.29 is 9.59 Å². The second-order valence-electron chi connectivity index (χ2n) is 6.54. The van der Waals surface area contributed by atoms with Crippen LogP contribution in [0.25, 0.3) is 17.3 Å². The number of aromatic nitrogens is 1. The van der Waals surface area contributed by atoms with E-state index in [1.165, 1.54) is 18.3 Å². The molecule has 0 radical (unpaired) electrons. The Balaban J connectivity index is 1.51. The van der Waals surface area contributed by atoms with Gasteiger partial charge in [0.25, 0.3) is 0 Å². The van der Waals surface area contributed by atoms with Crippen LogP contribution in [-0.4, -0.2) is 21.7 Å². The summed E-state index contributed by atoms with van der Waals surface area (Å²) in [6.45, 7) is 1.51. The van der Waals surface area contributed by atoms with Crippen LogP contribution in [-0.2, 0) is 9.59 Å². The Labute approximate surface area is 167 Å². The third-order valence-corrected chi connectivity index (χ3v) is 5.43. The molecule has 0 fully saturated rings. The van der Waals surface area contributed by atoms with Gasteiger partial charge in [-0.15, -0.1) is 11.3 Å². The average Bonchev–Trinajstić information content (AvgIpc) is 3.17. The predicted molar refractivity (Wildman–Crippen MR) is 112 cm³/mol. The van der Waals surface area contributed by atoms with Gasteiger partial charge in [-0.1, -0.05) is 54.6 Å². The lowest BCUT2D eigenvalue weighted by molar-refractivity contribution is -0.129. The summed E-state index contributed by atoms with van der Waals surface area (Å²) >= 11 is 1.39. The van der Waals surface area contributed by atoms with E-state index in [0.717, 1.165) is 22.4 Å². The van der Waals surface area contributed by atoms with E-state index >= 15 is 0 Å². The van der Waals surface area contributed by atoms with Crippen molar-refractivity contribution >= 4 is 34.4 Å². The molecule has 6 heteroatoms. The van der Waals surface area contributed by atoms with E-state index in [9.17, 15) is 9.59 Å². The molecule has 1 atom stereocenters. The monoisotopic (exact) mass is 389 g/mol. The number of amides is 2. The van der Waals surface area contributed by atoms with Crippen LogP contribution >= 0.6 is 11.3 Å². The number of hydrogen-bond donors (Lipinski definition) is 1. The van der Waals surface area contributed by atoms with E-state index in [2.05, 4.69) is 10.3 Å². The maximum Gasteiger partial charge on any atom is 0.228 e. The van der Waals surface area contributed by atoms with Crippen LogP contribution in [0.5, 0.6) is 0 Å². The van der Waals surface area contributed by atoms with Crippen molar-refractivity contribution in [2.75, 3.05) is 5.32 Å². The van der Waals surface area contributed by atoms with E-state index < -0.39 is 0 Å². The summed E-state index contributed by atoms with van der Waals surface area (Å²) in [5.41, 5.74) is 3.84. The zero-order chi connectivity index (χ0) is 19.5. The van der Waals surface area contributed by atoms with Gasteiger partial charge in [0.1, 0.15) is 0 Å². The minimum atomic E-state index is -0.327. The topological polar surface area (TPSA) is 62.3 Å². The molecule has 1 N–H and O–H groups in total. The van der Waals surface area contributed by atoms with Crippen LogP contribution in [0.1, 0.15) is 30.5 Å². The summed E-state index contributed by atoms with van der Waals surface area (Å²) in [4.78, 5) is 30.9. The number of nitrogens with one attached hydrogen (secondary N) is 1. The molecule has 1 aliphatic rings. The summed E-state index contributed by atoms with van der Waals surface area (Å²) in [6.07, 6.45) is 3.82. The first-order valence-corrected chi connectivity index (χ1v) is 9.86. The summed E-state index contributed by atoms with van der Waals surface area (Å²) in [6, 6.07) is 17.3. The van der Waals surface area contributed by atoms with Crippen molar-refractivity contribution in [1.29, 1.82) is 0 Å². The van der Waals surface area contributed by atoms with Crippen molar-refractivity contribution in [2.24, 2.45) is 0 Å². The fraction of sp³-hybridized carbons (Fsp3) is 0.136. The molecule has 0 spiro atoms. The lowest BCUT2D eigenvalue weighted by Gasteiger charge is -2.32. The third-order valence-electron chi connectivity index (χ3n) is 4.67. The molecule has 0 aliphatic carbocycles. The highest BCUT2D eigenvalue weighted by Gasteiger charge is 2.28. The van der Waals surface area contributed by atoms with Gasteiger partial charge in [-0.3, -0.25) is 9.59 Å². The molecule has 0 saturated carbocycles. The highest BCUT2D eigenvalue weighted by atomic mass is 32.1. The van der Waals surface area contributed by atoms with Crippen LogP contribution < -0.4 is 5.32 Å². The largest absolute Gasteiger partial charge is 0.311 e.